The van der Waals surface area contributed by atoms with Gasteiger partial charge in [-0.25, -0.2) is 9.18 Å². The van der Waals surface area contributed by atoms with Gasteiger partial charge in [0.1, 0.15) is 5.82 Å². The number of carbonyl (C=O) groups is 1. The first-order valence-corrected chi connectivity index (χ1v) is 6.48. The number of halogens is 1. The zero-order valence-electron chi connectivity index (χ0n) is 11.2. The fourth-order valence-electron chi connectivity index (χ4n) is 2.52. The third-order valence-electron chi connectivity index (χ3n) is 3.71. The number of anilines is 1. The average molecular weight is 266 g/mol. The molecule has 104 valence electrons. The van der Waals surface area contributed by atoms with Crippen LogP contribution in [0, 0.1) is 18.7 Å². The summed E-state index contributed by atoms with van der Waals surface area (Å²) in [6.07, 6.45) is -0.0900. The van der Waals surface area contributed by atoms with E-state index in [1.165, 1.54) is 17.0 Å². The number of nitrogens with zero attached hydrogens (tertiary/aromatic N) is 1. The van der Waals surface area contributed by atoms with Gasteiger partial charge in [0.25, 0.3) is 0 Å². The Bertz CT molecular complexity index is 479. The Hall–Kier alpha value is -1.78. The van der Waals surface area contributed by atoms with Gasteiger partial charge in [-0.1, -0.05) is 6.92 Å². The zero-order chi connectivity index (χ0) is 14.0. The lowest BCUT2D eigenvalue weighted by atomic mass is 9.93. The minimum atomic E-state index is -0.858. The van der Waals surface area contributed by atoms with Crippen LogP contribution in [0.25, 0.3) is 0 Å². The monoisotopic (exact) mass is 266 g/mol. The maximum atomic E-state index is 13.0. The largest absolute Gasteiger partial charge is 0.465 e. The average Bonchev–Trinajstić information content (AvgIpc) is 2.34. The van der Waals surface area contributed by atoms with Crippen LogP contribution in [0.2, 0.25) is 0 Å². The van der Waals surface area contributed by atoms with E-state index in [1.807, 2.05) is 13.8 Å². The van der Waals surface area contributed by atoms with Crippen LogP contribution in [0.5, 0.6) is 0 Å². The fourth-order valence-corrected chi connectivity index (χ4v) is 2.52. The Labute approximate surface area is 112 Å². The number of rotatable bonds is 2. The molecule has 0 saturated carbocycles. The topological polar surface area (TPSA) is 52.6 Å². The smallest absolute Gasteiger partial charge is 0.407 e. The Morgan fingerprint density at radius 3 is 2.84 bits per heavy atom. The van der Waals surface area contributed by atoms with Crippen LogP contribution < -0.4 is 5.32 Å². The van der Waals surface area contributed by atoms with Crippen LogP contribution >= 0.6 is 0 Å². The van der Waals surface area contributed by atoms with E-state index in [0.29, 0.717) is 13.1 Å². The number of hydrogen-bond donors (Lipinski definition) is 2. The lowest BCUT2D eigenvalue weighted by Gasteiger charge is -2.36. The molecule has 4 nitrogen and oxygen atoms in total. The molecule has 1 aliphatic heterocycles. The second kappa shape index (κ2) is 5.47. The quantitative estimate of drug-likeness (QED) is 0.865. The number of hydrogen-bond acceptors (Lipinski definition) is 2. The van der Waals surface area contributed by atoms with Crippen molar-refractivity contribution in [1.82, 2.24) is 4.90 Å². The molecule has 0 aromatic heterocycles. The molecule has 1 saturated heterocycles. The standard InChI is InChI=1S/C14H19FN2O2/c1-9-7-11(15)3-4-12(9)16-13-5-6-17(14(18)19)8-10(13)2/h3-4,7,10,13,16H,5-6,8H2,1-2H3,(H,18,19)/t10-,13+/m0/s1. The van der Waals surface area contributed by atoms with E-state index in [9.17, 15) is 9.18 Å². The van der Waals surface area contributed by atoms with Gasteiger partial charge in [-0.2, -0.15) is 0 Å². The third kappa shape index (κ3) is 3.16. The molecular weight excluding hydrogens is 247 g/mol. The third-order valence-corrected chi connectivity index (χ3v) is 3.71. The van der Waals surface area contributed by atoms with Gasteiger partial charge in [-0.05, 0) is 43.0 Å². The van der Waals surface area contributed by atoms with E-state index < -0.39 is 6.09 Å². The predicted octanol–water partition coefficient (Wildman–Crippen LogP) is 2.93. The number of nitrogens with one attached hydrogen (secondary N) is 1. The maximum Gasteiger partial charge on any atom is 0.407 e. The van der Waals surface area contributed by atoms with Gasteiger partial charge in [-0.3, -0.25) is 0 Å². The fraction of sp³-hybridized carbons (Fsp3) is 0.500. The first-order valence-electron chi connectivity index (χ1n) is 6.48. The molecule has 0 radical (unpaired) electrons. The predicted molar refractivity (Wildman–Crippen MR) is 71.9 cm³/mol. The number of carboxylic acid groups (broad SMARTS) is 1. The summed E-state index contributed by atoms with van der Waals surface area (Å²) in [7, 11) is 0. The first kappa shape index (κ1) is 13.6. The van der Waals surface area contributed by atoms with E-state index in [4.69, 9.17) is 5.11 Å². The Morgan fingerprint density at radius 2 is 2.26 bits per heavy atom. The zero-order valence-corrected chi connectivity index (χ0v) is 11.2. The van der Waals surface area contributed by atoms with E-state index in [2.05, 4.69) is 5.32 Å². The summed E-state index contributed by atoms with van der Waals surface area (Å²) in [5, 5.41) is 12.4. The molecule has 1 aromatic rings. The van der Waals surface area contributed by atoms with Crippen LogP contribution in [-0.2, 0) is 0 Å². The molecule has 0 spiro atoms. The molecular formula is C14H19FN2O2. The van der Waals surface area contributed by atoms with Crippen molar-refractivity contribution in [3.63, 3.8) is 0 Å². The SMILES string of the molecule is Cc1cc(F)ccc1N[C@@H]1CCN(C(=O)O)C[C@@H]1C. The minimum Gasteiger partial charge on any atom is -0.465 e. The van der Waals surface area contributed by atoms with Crippen molar-refractivity contribution in [2.24, 2.45) is 5.92 Å². The van der Waals surface area contributed by atoms with Crippen LogP contribution in [0.4, 0.5) is 14.9 Å². The number of amides is 1. The molecule has 0 aliphatic carbocycles. The molecule has 0 unspecified atom stereocenters. The van der Waals surface area contributed by atoms with Crippen molar-refractivity contribution in [3.8, 4) is 0 Å². The van der Waals surface area contributed by atoms with Gasteiger partial charge >= 0.3 is 6.09 Å². The molecule has 1 fully saturated rings. The highest BCUT2D eigenvalue weighted by atomic mass is 19.1. The van der Waals surface area contributed by atoms with Gasteiger partial charge in [-0.15, -0.1) is 0 Å². The summed E-state index contributed by atoms with van der Waals surface area (Å²) in [5.74, 6) is -0.00824. The van der Waals surface area contributed by atoms with Crippen LogP contribution in [-0.4, -0.2) is 35.2 Å². The Kier molecular flexibility index (Phi) is 3.93. The lowest BCUT2D eigenvalue weighted by molar-refractivity contribution is 0.119. The van der Waals surface area contributed by atoms with E-state index in [0.717, 1.165) is 17.7 Å². The lowest BCUT2D eigenvalue weighted by Crippen LogP contribution is -2.47. The number of piperidine rings is 1. The molecule has 1 heterocycles. The van der Waals surface area contributed by atoms with Crippen molar-refractivity contribution in [3.05, 3.63) is 29.6 Å². The second-order valence-electron chi connectivity index (χ2n) is 5.20. The Balaban J connectivity index is 2.02. The molecule has 19 heavy (non-hydrogen) atoms. The molecule has 2 N–H and O–H groups in total. The summed E-state index contributed by atoms with van der Waals surface area (Å²) in [5.41, 5.74) is 1.79. The van der Waals surface area contributed by atoms with Crippen LogP contribution in [0.3, 0.4) is 0 Å². The highest BCUT2D eigenvalue weighted by Crippen LogP contribution is 2.23. The van der Waals surface area contributed by atoms with Gasteiger partial charge in [0.15, 0.2) is 0 Å². The van der Waals surface area contributed by atoms with Crippen molar-refractivity contribution < 1.29 is 14.3 Å². The van der Waals surface area contributed by atoms with Gasteiger partial charge in [0.05, 0.1) is 0 Å². The maximum absolute atomic E-state index is 13.0. The minimum absolute atomic E-state index is 0.222. The number of aryl methyl sites for hydroxylation is 1. The van der Waals surface area contributed by atoms with Crippen molar-refractivity contribution in [2.45, 2.75) is 26.3 Å². The summed E-state index contributed by atoms with van der Waals surface area (Å²) in [6.45, 7) is 4.97. The van der Waals surface area contributed by atoms with Gasteiger partial charge in [0.2, 0.25) is 0 Å². The van der Waals surface area contributed by atoms with Crippen LogP contribution in [0.15, 0.2) is 18.2 Å². The summed E-state index contributed by atoms with van der Waals surface area (Å²) < 4.78 is 13.0. The summed E-state index contributed by atoms with van der Waals surface area (Å²) >= 11 is 0. The van der Waals surface area contributed by atoms with Crippen molar-refractivity contribution in [1.29, 1.82) is 0 Å². The number of benzene rings is 1. The molecule has 2 atom stereocenters. The van der Waals surface area contributed by atoms with E-state index >= 15 is 0 Å². The van der Waals surface area contributed by atoms with Gasteiger partial charge in [0, 0.05) is 24.8 Å². The normalized spacial score (nSPS) is 23.2. The first-order chi connectivity index (χ1) is 8.97. The number of likely N-dealkylation sites (tertiary alicyclic amines) is 1. The van der Waals surface area contributed by atoms with E-state index in [-0.39, 0.29) is 17.8 Å². The molecule has 0 bridgehead atoms. The molecule has 5 heteroatoms. The highest BCUT2D eigenvalue weighted by molar-refractivity contribution is 5.65. The van der Waals surface area contributed by atoms with E-state index in [1.54, 1.807) is 6.07 Å². The Morgan fingerprint density at radius 1 is 1.53 bits per heavy atom. The molecule has 1 aromatic carbocycles. The summed E-state index contributed by atoms with van der Waals surface area (Å²) in [6, 6.07) is 4.90. The molecule has 1 aliphatic rings. The molecule has 1 amide bonds. The summed E-state index contributed by atoms with van der Waals surface area (Å²) in [4.78, 5) is 12.4. The van der Waals surface area contributed by atoms with Crippen molar-refractivity contribution in [2.75, 3.05) is 18.4 Å². The van der Waals surface area contributed by atoms with Gasteiger partial charge < -0.3 is 15.3 Å². The van der Waals surface area contributed by atoms with Crippen LogP contribution in [0.1, 0.15) is 18.9 Å². The second-order valence-corrected chi connectivity index (χ2v) is 5.20. The highest BCUT2D eigenvalue weighted by Gasteiger charge is 2.28. The molecule has 2 rings (SSSR count). The van der Waals surface area contributed by atoms with Crippen molar-refractivity contribution >= 4 is 11.8 Å².